The average Bonchev–Trinajstić information content (AvgIpc) is 3.21. The second kappa shape index (κ2) is 9.64. The molecule has 0 saturated carbocycles. The molecule has 1 saturated heterocycles. The topological polar surface area (TPSA) is 78.0 Å². The number of nitrogens with zero attached hydrogens (tertiary/aromatic N) is 3. The lowest BCUT2D eigenvalue weighted by Crippen LogP contribution is -2.62. The van der Waals surface area contributed by atoms with Crippen LogP contribution < -0.4 is 0 Å². The van der Waals surface area contributed by atoms with Crippen molar-refractivity contribution in [1.29, 1.82) is 0 Å². The van der Waals surface area contributed by atoms with Gasteiger partial charge in [-0.25, -0.2) is 0 Å². The molecule has 2 aromatic rings. The molecule has 2 atom stereocenters. The van der Waals surface area contributed by atoms with Crippen LogP contribution in [0.4, 0.5) is 8.78 Å². The van der Waals surface area contributed by atoms with Gasteiger partial charge in [-0.1, -0.05) is 35.9 Å². The largest absolute Gasteiger partial charge is 0.398 e. The van der Waals surface area contributed by atoms with E-state index in [9.17, 15) is 28.0 Å². The summed E-state index contributed by atoms with van der Waals surface area (Å²) in [6, 6.07) is 6.42. The van der Waals surface area contributed by atoms with Crippen molar-refractivity contribution >= 4 is 90.4 Å². The van der Waals surface area contributed by atoms with E-state index in [1.807, 2.05) is 0 Å². The molecule has 14 radical (unpaired) electrons. The van der Waals surface area contributed by atoms with Crippen molar-refractivity contribution in [3.63, 3.8) is 0 Å². The van der Waals surface area contributed by atoms with Crippen molar-refractivity contribution in [2.75, 3.05) is 0 Å². The highest BCUT2D eigenvalue weighted by Gasteiger charge is 2.52. The van der Waals surface area contributed by atoms with Gasteiger partial charge in [0.25, 0.3) is 11.8 Å². The maximum absolute atomic E-state index is 14.9. The first-order chi connectivity index (χ1) is 17.9. The summed E-state index contributed by atoms with van der Waals surface area (Å²) in [5.74, 6) is -10.4. The molecule has 0 bridgehead atoms. The molecule has 2 heterocycles. The molecule has 7 nitrogen and oxygen atoms in total. The lowest BCUT2D eigenvalue weighted by Gasteiger charge is -2.48. The van der Waals surface area contributed by atoms with Crippen molar-refractivity contribution in [1.82, 2.24) is 14.5 Å². The Morgan fingerprint density at radius 2 is 1.62 bits per heavy atom. The van der Waals surface area contributed by atoms with E-state index >= 15 is 0 Å². The zero-order valence-electron chi connectivity index (χ0n) is 20.1. The van der Waals surface area contributed by atoms with Gasteiger partial charge in [0, 0.05) is 22.7 Å². The number of amides is 4. The third-order valence-corrected chi connectivity index (χ3v) is 7.05. The van der Waals surface area contributed by atoms with E-state index in [0.717, 1.165) is 17.0 Å². The molecule has 2 aliphatic heterocycles. The Bertz CT molecular complexity index is 1400. The number of benzene rings is 2. The van der Waals surface area contributed by atoms with Crippen molar-refractivity contribution in [3.8, 4) is 0 Å². The summed E-state index contributed by atoms with van der Waals surface area (Å²) in [5, 5.41) is -4.56. The Balaban J connectivity index is 1.62. The number of fused-ring (bicyclic) bond motifs is 1. The van der Waals surface area contributed by atoms with Gasteiger partial charge in [-0.3, -0.25) is 19.2 Å². The van der Waals surface area contributed by atoms with Gasteiger partial charge in [-0.05, 0) is 45.7 Å². The van der Waals surface area contributed by atoms with Crippen LogP contribution >= 0.6 is 11.6 Å². The standard InChI is InChI=1S/C22H11B7ClF2N3O4/c23-15-14(17(37)34(28)18(38)20(15,24)25)33-8-9-7-11(3-6-13(9)16(33)36)22(26,27)35(29)19(39)21(31,32)10-1-4-12(30)5-2-10/h1-7,14-15H,8H2. The zero-order valence-corrected chi connectivity index (χ0v) is 20.8. The summed E-state index contributed by atoms with van der Waals surface area (Å²) >= 11 is 5.72. The minimum atomic E-state index is -4.12. The molecule has 180 valence electrons. The third kappa shape index (κ3) is 4.54. The highest BCUT2D eigenvalue weighted by Crippen LogP contribution is 2.44. The summed E-state index contributed by atoms with van der Waals surface area (Å²) in [6.45, 7) is -0.278. The molecule has 17 heteroatoms. The Morgan fingerprint density at radius 3 is 2.21 bits per heavy atom. The molecule has 2 aromatic carbocycles. The predicted octanol–water partition coefficient (Wildman–Crippen LogP) is -0.322. The Labute approximate surface area is 237 Å². The van der Waals surface area contributed by atoms with Crippen LogP contribution in [0.5, 0.6) is 0 Å². The first kappa shape index (κ1) is 29.1. The van der Waals surface area contributed by atoms with E-state index < -0.39 is 57.5 Å². The van der Waals surface area contributed by atoms with Crippen LogP contribution in [0.15, 0.2) is 42.5 Å². The molecule has 0 aromatic heterocycles. The van der Waals surface area contributed by atoms with Crippen LogP contribution in [0.1, 0.15) is 27.0 Å². The van der Waals surface area contributed by atoms with Gasteiger partial charge in [-0.2, -0.15) is 8.78 Å². The summed E-state index contributed by atoms with van der Waals surface area (Å²) in [7, 11) is 40.9. The van der Waals surface area contributed by atoms with Crippen molar-refractivity contribution in [2.24, 2.45) is 0 Å². The van der Waals surface area contributed by atoms with Gasteiger partial charge < -0.3 is 14.5 Å². The molecule has 0 aliphatic carbocycles. The average molecular weight is 530 g/mol. The molecular weight excluding hydrogens is 519 g/mol. The lowest BCUT2D eigenvalue weighted by atomic mass is 9.40. The summed E-state index contributed by atoms with van der Waals surface area (Å²) in [6.07, 6.45) is 0. The van der Waals surface area contributed by atoms with Crippen molar-refractivity contribution in [3.05, 3.63) is 69.7 Å². The fourth-order valence-electron chi connectivity index (χ4n) is 4.39. The smallest absolute Gasteiger partial charge is 0.348 e. The quantitative estimate of drug-likeness (QED) is 0.392. The van der Waals surface area contributed by atoms with Crippen LogP contribution in [0.2, 0.25) is 16.1 Å². The molecule has 4 amide bonds. The van der Waals surface area contributed by atoms with E-state index in [2.05, 4.69) is 0 Å². The van der Waals surface area contributed by atoms with Gasteiger partial charge >= 0.3 is 5.92 Å². The third-order valence-electron chi connectivity index (χ3n) is 6.80. The van der Waals surface area contributed by atoms with Crippen molar-refractivity contribution in [2.45, 2.75) is 34.9 Å². The second-order valence-corrected chi connectivity index (χ2v) is 9.74. The highest BCUT2D eigenvalue weighted by molar-refractivity contribution is 6.57. The SMILES string of the molecule is [B]C1C(N2Cc3cc(C([B])([B])N([B])C(=O)C(F)(F)c4ccc(Cl)cc4)ccc3C2=O)C(=O)N([B])C(=O)C1([B])[B]. The molecule has 0 spiro atoms. The number of hydrogen-bond donors (Lipinski definition) is 0. The normalized spacial score (nSPS) is 21.2. The number of hydrogen-bond acceptors (Lipinski definition) is 4. The van der Waals surface area contributed by atoms with Crippen LogP contribution in [0.3, 0.4) is 0 Å². The lowest BCUT2D eigenvalue weighted by molar-refractivity contribution is -0.155. The molecule has 4 rings (SSSR count). The molecule has 39 heavy (non-hydrogen) atoms. The van der Waals surface area contributed by atoms with Crippen LogP contribution in [-0.2, 0) is 32.2 Å². The molecule has 2 aliphatic rings. The number of carbonyl (C=O) groups is 4. The molecule has 2 unspecified atom stereocenters. The number of carbonyl (C=O) groups excluding carboxylic acids is 4. The molecule has 1 fully saturated rings. The number of piperidine rings is 1. The van der Waals surface area contributed by atoms with Gasteiger partial charge in [-0.15, -0.1) is 0 Å². The summed E-state index contributed by atoms with van der Waals surface area (Å²) in [5.41, 5.74) is -0.532. The monoisotopic (exact) mass is 531 g/mol. The van der Waals surface area contributed by atoms with Gasteiger partial charge in [0.15, 0.2) is 0 Å². The fraction of sp³-hybridized carbons (Fsp3) is 0.273. The maximum Gasteiger partial charge on any atom is 0.348 e. The highest BCUT2D eigenvalue weighted by atomic mass is 35.5. The van der Waals surface area contributed by atoms with Gasteiger partial charge in [0.1, 0.15) is 6.04 Å². The summed E-state index contributed by atoms with van der Waals surface area (Å²) in [4.78, 5) is 51.9. The van der Waals surface area contributed by atoms with Gasteiger partial charge in [0.05, 0.1) is 39.2 Å². The Morgan fingerprint density at radius 1 is 1.05 bits per heavy atom. The van der Waals surface area contributed by atoms with Crippen LogP contribution in [0, 0.1) is 0 Å². The van der Waals surface area contributed by atoms with E-state index in [4.69, 9.17) is 66.8 Å². The Hall–Kier alpha value is -2.88. The van der Waals surface area contributed by atoms with Crippen LogP contribution in [0.25, 0.3) is 0 Å². The maximum atomic E-state index is 14.9. The number of alkyl halides is 2. The number of imide groups is 1. The fourth-order valence-corrected chi connectivity index (χ4v) is 4.52. The van der Waals surface area contributed by atoms with E-state index in [1.165, 1.54) is 30.3 Å². The zero-order chi connectivity index (χ0) is 29.2. The number of rotatable bonds is 5. The minimum Gasteiger partial charge on any atom is -0.398 e. The van der Waals surface area contributed by atoms with Crippen LogP contribution in [-0.4, -0.2) is 99.4 Å². The Kier molecular flexibility index (Phi) is 7.20. The van der Waals surface area contributed by atoms with E-state index in [-0.39, 0.29) is 37.9 Å². The van der Waals surface area contributed by atoms with Crippen molar-refractivity contribution < 1.29 is 28.0 Å². The first-order valence-electron chi connectivity index (χ1n) is 11.2. The van der Waals surface area contributed by atoms with E-state index in [0.29, 0.717) is 0 Å². The number of halogens is 3. The summed E-state index contributed by atoms with van der Waals surface area (Å²) < 4.78 is 29.8. The second-order valence-electron chi connectivity index (χ2n) is 9.30. The van der Waals surface area contributed by atoms with Gasteiger partial charge in [0.2, 0.25) is 27.8 Å². The van der Waals surface area contributed by atoms with E-state index in [1.54, 1.807) is 0 Å². The minimum absolute atomic E-state index is 0.0203. The predicted molar refractivity (Wildman–Crippen MR) is 143 cm³/mol. The molecular formula is C22H11B7ClF2N3O4. The first-order valence-corrected chi connectivity index (χ1v) is 11.5. The molecule has 0 N–H and O–H groups in total.